The lowest BCUT2D eigenvalue weighted by molar-refractivity contribution is -0.139. The monoisotopic (exact) mass is 372 g/mol. The van der Waals surface area contributed by atoms with Crippen LogP contribution in [0, 0.1) is 5.92 Å². The van der Waals surface area contributed by atoms with Crippen molar-refractivity contribution in [3.63, 3.8) is 0 Å². The van der Waals surface area contributed by atoms with E-state index in [9.17, 15) is 14.7 Å². The molecule has 0 spiro atoms. The summed E-state index contributed by atoms with van der Waals surface area (Å²) in [5, 5.41) is 13.1. The SMILES string of the molecule is C[C@@H]1CCC=CCCCCC(=O)N(C)[C@@H](C)C(=O)N[C@H]([C@H](O)CCl)C1. The summed E-state index contributed by atoms with van der Waals surface area (Å²) in [6.07, 6.45) is 9.46. The van der Waals surface area contributed by atoms with E-state index in [1.165, 1.54) is 4.90 Å². The fraction of sp³-hybridized carbons (Fsp3) is 0.789. The Hall–Kier alpha value is -1.07. The van der Waals surface area contributed by atoms with Crippen molar-refractivity contribution < 1.29 is 14.7 Å². The molecule has 1 heterocycles. The Balaban J connectivity index is 2.86. The average Bonchev–Trinajstić information content (AvgIpc) is 2.60. The zero-order valence-corrected chi connectivity index (χ0v) is 16.5. The molecule has 0 aromatic rings. The topological polar surface area (TPSA) is 69.6 Å². The number of amides is 2. The molecule has 2 amide bonds. The second-order valence-corrected chi connectivity index (χ2v) is 7.46. The molecule has 1 aliphatic heterocycles. The van der Waals surface area contributed by atoms with E-state index in [2.05, 4.69) is 24.4 Å². The van der Waals surface area contributed by atoms with Crippen LogP contribution in [0.3, 0.4) is 0 Å². The van der Waals surface area contributed by atoms with Gasteiger partial charge in [-0.1, -0.05) is 19.1 Å². The zero-order valence-electron chi connectivity index (χ0n) is 15.7. The number of nitrogens with one attached hydrogen (secondary N) is 1. The van der Waals surface area contributed by atoms with E-state index in [-0.39, 0.29) is 17.7 Å². The van der Waals surface area contributed by atoms with Crippen molar-refractivity contribution in [2.45, 2.75) is 77.0 Å². The van der Waals surface area contributed by atoms with Crippen LogP contribution in [0.15, 0.2) is 12.2 Å². The largest absolute Gasteiger partial charge is 0.390 e. The average molecular weight is 373 g/mol. The highest BCUT2D eigenvalue weighted by molar-refractivity contribution is 6.18. The summed E-state index contributed by atoms with van der Waals surface area (Å²) in [6.45, 7) is 3.84. The summed E-state index contributed by atoms with van der Waals surface area (Å²) in [5.41, 5.74) is 0. The van der Waals surface area contributed by atoms with Crippen LogP contribution in [0.25, 0.3) is 0 Å². The maximum atomic E-state index is 12.5. The predicted molar refractivity (Wildman–Crippen MR) is 102 cm³/mol. The molecule has 0 bridgehead atoms. The minimum Gasteiger partial charge on any atom is -0.390 e. The minimum atomic E-state index is -0.796. The van der Waals surface area contributed by atoms with Gasteiger partial charge in [0, 0.05) is 13.5 Å². The number of halogens is 1. The van der Waals surface area contributed by atoms with Crippen LogP contribution in [-0.2, 0) is 9.59 Å². The van der Waals surface area contributed by atoms with E-state index >= 15 is 0 Å². The minimum absolute atomic E-state index is 0.0264. The molecule has 5 nitrogen and oxygen atoms in total. The molecule has 4 atom stereocenters. The quantitative estimate of drug-likeness (QED) is 0.578. The number of aliphatic hydroxyl groups is 1. The lowest BCUT2D eigenvalue weighted by Gasteiger charge is -2.30. The second-order valence-electron chi connectivity index (χ2n) is 7.15. The molecule has 25 heavy (non-hydrogen) atoms. The Morgan fingerprint density at radius 2 is 1.96 bits per heavy atom. The molecule has 0 saturated heterocycles. The van der Waals surface area contributed by atoms with Crippen molar-refractivity contribution in [2.75, 3.05) is 12.9 Å². The van der Waals surface area contributed by atoms with Crippen LogP contribution in [0.1, 0.15) is 58.8 Å². The van der Waals surface area contributed by atoms with Crippen molar-refractivity contribution >= 4 is 23.4 Å². The summed E-state index contributed by atoms with van der Waals surface area (Å²) in [7, 11) is 1.66. The van der Waals surface area contributed by atoms with Gasteiger partial charge in [0.05, 0.1) is 18.0 Å². The Bertz CT molecular complexity index is 456. The third kappa shape index (κ3) is 7.78. The first-order valence-corrected chi connectivity index (χ1v) is 9.85. The van der Waals surface area contributed by atoms with E-state index in [0.717, 1.165) is 32.1 Å². The smallest absolute Gasteiger partial charge is 0.242 e. The van der Waals surface area contributed by atoms with Crippen molar-refractivity contribution in [1.82, 2.24) is 10.2 Å². The normalized spacial score (nSPS) is 29.3. The van der Waals surface area contributed by atoms with Gasteiger partial charge in [-0.25, -0.2) is 0 Å². The van der Waals surface area contributed by atoms with Gasteiger partial charge < -0.3 is 15.3 Å². The summed E-state index contributed by atoms with van der Waals surface area (Å²) >= 11 is 5.80. The molecule has 0 radical (unpaired) electrons. The van der Waals surface area contributed by atoms with Crippen LogP contribution in [0.2, 0.25) is 0 Å². The number of alkyl halides is 1. The van der Waals surface area contributed by atoms with E-state index in [1.807, 2.05) is 0 Å². The lowest BCUT2D eigenvalue weighted by atomic mass is 9.94. The summed E-state index contributed by atoms with van der Waals surface area (Å²) in [6, 6.07) is -0.969. The molecule has 6 heteroatoms. The predicted octanol–water partition coefficient (Wildman–Crippen LogP) is 2.85. The van der Waals surface area contributed by atoms with E-state index < -0.39 is 18.2 Å². The maximum absolute atomic E-state index is 12.5. The highest BCUT2D eigenvalue weighted by atomic mass is 35.5. The van der Waals surface area contributed by atoms with Crippen molar-refractivity contribution in [1.29, 1.82) is 0 Å². The van der Waals surface area contributed by atoms with Gasteiger partial charge in [0.2, 0.25) is 11.8 Å². The first kappa shape index (κ1) is 22.0. The van der Waals surface area contributed by atoms with Gasteiger partial charge in [-0.3, -0.25) is 9.59 Å². The number of carbonyl (C=O) groups is 2. The zero-order chi connectivity index (χ0) is 18.8. The summed E-state index contributed by atoms with van der Waals surface area (Å²) < 4.78 is 0. The summed E-state index contributed by atoms with van der Waals surface area (Å²) in [4.78, 5) is 26.3. The molecule has 1 aliphatic rings. The molecule has 0 saturated carbocycles. The van der Waals surface area contributed by atoms with Gasteiger partial charge in [-0.15, -0.1) is 11.6 Å². The van der Waals surface area contributed by atoms with Gasteiger partial charge in [0.25, 0.3) is 0 Å². The fourth-order valence-electron chi connectivity index (χ4n) is 3.00. The Morgan fingerprint density at radius 3 is 2.64 bits per heavy atom. The van der Waals surface area contributed by atoms with Crippen LogP contribution in [0.5, 0.6) is 0 Å². The number of rotatable bonds is 2. The summed E-state index contributed by atoms with van der Waals surface area (Å²) in [5.74, 6) is 0.155. The van der Waals surface area contributed by atoms with Crippen molar-refractivity contribution in [3.05, 3.63) is 12.2 Å². The second kappa shape index (κ2) is 11.5. The van der Waals surface area contributed by atoms with E-state index in [0.29, 0.717) is 18.8 Å². The molecule has 0 fully saturated rings. The number of hydrogen-bond donors (Lipinski definition) is 2. The highest BCUT2D eigenvalue weighted by Gasteiger charge is 2.28. The number of nitrogens with zero attached hydrogens (tertiary/aromatic N) is 1. The number of aliphatic hydroxyl groups excluding tert-OH is 1. The van der Waals surface area contributed by atoms with Gasteiger partial charge in [0.15, 0.2) is 0 Å². The van der Waals surface area contributed by atoms with Crippen LogP contribution < -0.4 is 5.32 Å². The number of allylic oxidation sites excluding steroid dienone is 2. The van der Waals surface area contributed by atoms with Crippen LogP contribution in [0.4, 0.5) is 0 Å². The molecular weight excluding hydrogens is 340 g/mol. The highest BCUT2D eigenvalue weighted by Crippen LogP contribution is 2.17. The van der Waals surface area contributed by atoms with Gasteiger partial charge >= 0.3 is 0 Å². The number of hydrogen-bond acceptors (Lipinski definition) is 3. The molecule has 0 unspecified atom stereocenters. The molecule has 2 N–H and O–H groups in total. The Kier molecular flexibility index (Phi) is 10.1. The van der Waals surface area contributed by atoms with Crippen LogP contribution in [-0.4, -0.2) is 52.9 Å². The standard InChI is InChI=1S/C19H33ClN2O3/c1-14-10-8-6-4-5-7-9-11-18(24)22(3)15(2)19(25)21-16(12-14)17(23)13-20/h4,6,14-17,23H,5,7-13H2,1-3H3,(H,21,25)/t14-,15+,16+,17-/m1/s1. The van der Waals surface area contributed by atoms with Crippen molar-refractivity contribution in [3.8, 4) is 0 Å². The lowest BCUT2D eigenvalue weighted by Crippen LogP contribution is -2.52. The molecule has 0 aliphatic carbocycles. The van der Waals surface area contributed by atoms with Crippen molar-refractivity contribution in [2.24, 2.45) is 5.92 Å². The molecule has 0 aromatic heterocycles. The number of carbonyl (C=O) groups excluding carboxylic acids is 2. The molecule has 1 rings (SSSR count). The third-order valence-electron chi connectivity index (χ3n) is 4.96. The van der Waals surface area contributed by atoms with Gasteiger partial charge in [0.1, 0.15) is 6.04 Å². The molecule has 144 valence electrons. The number of likely N-dealkylation sites (N-methyl/N-ethyl adjacent to an activating group) is 1. The molecular formula is C19H33ClN2O3. The third-order valence-corrected chi connectivity index (χ3v) is 5.28. The fourth-order valence-corrected chi connectivity index (χ4v) is 3.21. The van der Waals surface area contributed by atoms with Crippen LogP contribution >= 0.6 is 11.6 Å². The maximum Gasteiger partial charge on any atom is 0.242 e. The first-order valence-electron chi connectivity index (χ1n) is 9.31. The van der Waals surface area contributed by atoms with Gasteiger partial charge in [-0.05, 0) is 51.4 Å². The molecule has 0 aromatic carbocycles. The van der Waals surface area contributed by atoms with E-state index in [4.69, 9.17) is 11.6 Å². The Labute approximate surface area is 156 Å². The van der Waals surface area contributed by atoms with E-state index in [1.54, 1.807) is 14.0 Å². The van der Waals surface area contributed by atoms with Gasteiger partial charge in [-0.2, -0.15) is 0 Å². The first-order chi connectivity index (χ1) is 11.9. The Morgan fingerprint density at radius 1 is 1.28 bits per heavy atom.